The molecule has 1 rings (SSSR count). The van der Waals surface area contributed by atoms with Gasteiger partial charge in [-0.3, -0.25) is 0 Å². The van der Waals surface area contributed by atoms with E-state index in [-0.39, 0.29) is 11.9 Å². The molecule has 0 bridgehead atoms. The molecule has 2 nitrogen and oxygen atoms in total. The summed E-state index contributed by atoms with van der Waals surface area (Å²) in [7, 11) is 0. The minimum Gasteiger partial charge on any atom is -0.329 e. The zero-order chi connectivity index (χ0) is 9.14. The Morgan fingerprint density at radius 1 is 1.50 bits per heavy atom. The van der Waals surface area contributed by atoms with Crippen molar-refractivity contribution in [1.29, 1.82) is 0 Å². The summed E-state index contributed by atoms with van der Waals surface area (Å²) in [4.78, 5) is 0. The Balaban J connectivity index is 2.96. The molecule has 0 aliphatic rings. The standard InChI is InChI=1S/C9H13FN2/c1-6-2-3-7(4-8(6)10)9(12)5-11/h2-4,9H,5,11-12H2,1H3/t9-/m1/s1. The Labute approximate surface area is 71.4 Å². The lowest BCUT2D eigenvalue weighted by Crippen LogP contribution is -2.20. The third-order valence-corrected chi connectivity index (χ3v) is 1.88. The summed E-state index contributed by atoms with van der Waals surface area (Å²) in [5, 5.41) is 0. The van der Waals surface area contributed by atoms with Crippen molar-refractivity contribution in [2.45, 2.75) is 13.0 Å². The highest BCUT2D eigenvalue weighted by molar-refractivity contribution is 5.25. The van der Waals surface area contributed by atoms with Crippen LogP contribution in [0.5, 0.6) is 0 Å². The molecule has 0 aliphatic carbocycles. The zero-order valence-corrected chi connectivity index (χ0v) is 7.05. The molecule has 12 heavy (non-hydrogen) atoms. The van der Waals surface area contributed by atoms with Crippen LogP contribution in [0.3, 0.4) is 0 Å². The van der Waals surface area contributed by atoms with E-state index in [1.54, 1.807) is 19.1 Å². The molecule has 0 saturated carbocycles. The molecule has 0 unspecified atom stereocenters. The number of hydrogen-bond donors (Lipinski definition) is 2. The summed E-state index contributed by atoms with van der Waals surface area (Å²) in [5.41, 5.74) is 12.3. The number of rotatable bonds is 2. The maximum atomic E-state index is 13.0. The molecular weight excluding hydrogens is 155 g/mol. The topological polar surface area (TPSA) is 52.0 Å². The lowest BCUT2D eigenvalue weighted by molar-refractivity contribution is 0.611. The fourth-order valence-electron chi connectivity index (χ4n) is 0.976. The summed E-state index contributed by atoms with van der Waals surface area (Å²) >= 11 is 0. The van der Waals surface area contributed by atoms with Crippen LogP contribution in [0.4, 0.5) is 4.39 Å². The van der Waals surface area contributed by atoms with Crippen molar-refractivity contribution in [1.82, 2.24) is 0 Å². The van der Waals surface area contributed by atoms with E-state index in [9.17, 15) is 4.39 Å². The molecule has 0 fully saturated rings. The largest absolute Gasteiger partial charge is 0.329 e. The zero-order valence-electron chi connectivity index (χ0n) is 7.05. The van der Waals surface area contributed by atoms with Gasteiger partial charge in [0.25, 0.3) is 0 Å². The molecule has 0 spiro atoms. The van der Waals surface area contributed by atoms with Crippen molar-refractivity contribution in [2.24, 2.45) is 11.5 Å². The highest BCUT2D eigenvalue weighted by Crippen LogP contribution is 2.13. The molecule has 66 valence electrons. The van der Waals surface area contributed by atoms with Crippen molar-refractivity contribution in [3.8, 4) is 0 Å². The molecule has 1 atom stereocenters. The molecule has 0 saturated heterocycles. The second-order valence-electron chi connectivity index (χ2n) is 2.85. The monoisotopic (exact) mass is 168 g/mol. The Hall–Kier alpha value is -0.930. The molecule has 0 aromatic heterocycles. The van der Waals surface area contributed by atoms with Crippen molar-refractivity contribution < 1.29 is 4.39 Å². The minimum atomic E-state index is -0.264. The SMILES string of the molecule is Cc1ccc([C@H](N)CN)cc1F. The van der Waals surface area contributed by atoms with Gasteiger partial charge in [0.15, 0.2) is 0 Å². The minimum absolute atomic E-state index is 0.226. The van der Waals surface area contributed by atoms with Crippen molar-refractivity contribution in [3.63, 3.8) is 0 Å². The highest BCUT2D eigenvalue weighted by atomic mass is 19.1. The molecule has 0 radical (unpaired) electrons. The van der Waals surface area contributed by atoms with Crippen molar-refractivity contribution >= 4 is 0 Å². The normalized spacial score (nSPS) is 13.0. The predicted octanol–water partition coefficient (Wildman–Crippen LogP) is 1.09. The van der Waals surface area contributed by atoms with Crippen LogP contribution >= 0.6 is 0 Å². The van der Waals surface area contributed by atoms with Gasteiger partial charge in [-0.05, 0) is 24.1 Å². The van der Waals surface area contributed by atoms with E-state index >= 15 is 0 Å². The fourth-order valence-corrected chi connectivity index (χ4v) is 0.976. The van der Waals surface area contributed by atoms with Gasteiger partial charge in [0.1, 0.15) is 5.82 Å². The van der Waals surface area contributed by atoms with Crippen LogP contribution in [-0.4, -0.2) is 6.54 Å². The van der Waals surface area contributed by atoms with E-state index in [0.29, 0.717) is 12.1 Å². The maximum Gasteiger partial charge on any atom is 0.126 e. The first-order valence-corrected chi connectivity index (χ1v) is 3.87. The van der Waals surface area contributed by atoms with Crippen LogP contribution in [0.1, 0.15) is 17.2 Å². The number of halogens is 1. The van der Waals surface area contributed by atoms with Gasteiger partial charge in [-0.15, -0.1) is 0 Å². The summed E-state index contributed by atoms with van der Waals surface area (Å²) in [5.74, 6) is -0.226. The first-order valence-electron chi connectivity index (χ1n) is 3.87. The second-order valence-corrected chi connectivity index (χ2v) is 2.85. The van der Waals surface area contributed by atoms with E-state index in [1.165, 1.54) is 6.07 Å². The van der Waals surface area contributed by atoms with Crippen molar-refractivity contribution in [2.75, 3.05) is 6.54 Å². The van der Waals surface area contributed by atoms with Gasteiger partial charge in [-0.25, -0.2) is 4.39 Å². The average molecular weight is 168 g/mol. The highest BCUT2D eigenvalue weighted by Gasteiger charge is 2.05. The molecule has 0 aliphatic heterocycles. The van der Waals surface area contributed by atoms with Crippen LogP contribution < -0.4 is 11.5 Å². The van der Waals surface area contributed by atoms with Gasteiger partial charge in [0.2, 0.25) is 0 Å². The van der Waals surface area contributed by atoms with Crippen LogP contribution in [0.2, 0.25) is 0 Å². The van der Waals surface area contributed by atoms with Gasteiger partial charge in [-0.2, -0.15) is 0 Å². The molecule has 0 heterocycles. The predicted molar refractivity (Wildman–Crippen MR) is 47.1 cm³/mol. The van der Waals surface area contributed by atoms with Crippen molar-refractivity contribution in [3.05, 3.63) is 35.1 Å². The molecule has 1 aromatic carbocycles. The molecule has 3 heteroatoms. The van der Waals surface area contributed by atoms with Gasteiger partial charge in [0, 0.05) is 12.6 Å². The van der Waals surface area contributed by atoms with Crippen LogP contribution in [-0.2, 0) is 0 Å². The quantitative estimate of drug-likeness (QED) is 0.694. The number of nitrogens with two attached hydrogens (primary N) is 2. The Kier molecular flexibility index (Phi) is 2.78. The lowest BCUT2D eigenvalue weighted by atomic mass is 10.1. The van der Waals surface area contributed by atoms with E-state index < -0.39 is 0 Å². The molecule has 0 amide bonds. The Morgan fingerprint density at radius 2 is 2.17 bits per heavy atom. The van der Waals surface area contributed by atoms with E-state index in [0.717, 1.165) is 5.56 Å². The third-order valence-electron chi connectivity index (χ3n) is 1.88. The van der Waals surface area contributed by atoms with Gasteiger partial charge >= 0.3 is 0 Å². The summed E-state index contributed by atoms with van der Waals surface area (Å²) < 4.78 is 13.0. The maximum absolute atomic E-state index is 13.0. The summed E-state index contributed by atoms with van der Waals surface area (Å²) in [6.07, 6.45) is 0. The molecule has 1 aromatic rings. The van der Waals surface area contributed by atoms with Gasteiger partial charge in [0.05, 0.1) is 0 Å². The first kappa shape index (κ1) is 9.16. The van der Waals surface area contributed by atoms with E-state index in [1.807, 2.05) is 0 Å². The summed E-state index contributed by atoms with van der Waals surface area (Å²) in [6.45, 7) is 2.05. The summed E-state index contributed by atoms with van der Waals surface area (Å²) in [6, 6.07) is 4.68. The first-order chi connectivity index (χ1) is 5.65. The van der Waals surface area contributed by atoms with Crippen LogP contribution in [0.15, 0.2) is 18.2 Å². The fraction of sp³-hybridized carbons (Fsp3) is 0.333. The number of benzene rings is 1. The smallest absolute Gasteiger partial charge is 0.126 e. The van der Waals surface area contributed by atoms with Gasteiger partial charge < -0.3 is 11.5 Å². The Bertz CT molecular complexity index is 273. The second kappa shape index (κ2) is 3.65. The number of aryl methyl sites for hydroxylation is 1. The van der Waals surface area contributed by atoms with Gasteiger partial charge in [-0.1, -0.05) is 12.1 Å². The number of hydrogen-bond acceptors (Lipinski definition) is 2. The average Bonchev–Trinajstić information content (AvgIpc) is 2.08. The van der Waals surface area contributed by atoms with Crippen LogP contribution in [0, 0.1) is 12.7 Å². The van der Waals surface area contributed by atoms with E-state index in [4.69, 9.17) is 11.5 Å². The van der Waals surface area contributed by atoms with Crippen LogP contribution in [0.25, 0.3) is 0 Å². The third kappa shape index (κ3) is 1.81. The van der Waals surface area contributed by atoms with E-state index in [2.05, 4.69) is 0 Å². The molecular formula is C9H13FN2. The molecule has 4 N–H and O–H groups in total. The lowest BCUT2D eigenvalue weighted by Gasteiger charge is -2.09. The Morgan fingerprint density at radius 3 is 2.67 bits per heavy atom.